The average molecular weight is 479 g/mol. The molecule has 0 aliphatic carbocycles. The lowest BCUT2D eigenvalue weighted by atomic mass is 10.1. The van der Waals surface area contributed by atoms with Crippen molar-refractivity contribution in [3.63, 3.8) is 0 Å². The zero-order valence-electron chi connectivity index (χ0n) is 19.9. The summed E-state index contributed by atoms with van der Waals surface area (Å²) in [7, 11) is 2.84. The van der Waals surface area contributed by atoms with Crippen molar-refractivity contribution in [2.45, 2.75) is 13.8 Å². The molecule has 9 nitrogen and oxygen atoms in total. The second-order valence-corrected chi connectivity index (χ2v) is 7.65. The highest BCUT2D eigenvalue weighted by Gasteiger charge is 2.19. The van der Waals surface area contributed by atoms with Gasteiger partial charge in [0.15, 0.2) is 6.61 Å². The molecule has 0 fully saturated rings. The minimum Gasteiger partial charge on any atom is -0.497 e. The summed E-state index contributed by atoms with van der Waals surface area (Å²) < 4.78 is 16.7. The molecule has 182 valence electrons. The number of hydrogen-bond donors (Lipinski definition) is 1. The van der Waals surface area contributed by atoms with Crippen molar-refractivity contribution in [2.75, 3.05) is 27.4 Å². The van der Waals surface area contributed by atoms with Gasteiger partial charge < -0.3 is 24.1 Å². The lowest BCUT2D eigenvalue weighted by Gasteiger charge is -2.11. The van der Waals surface area contributed by atoms with Gasteiger partial charge in [0.25, 0.3) is 5.91 Å². The molecule has 1 aromatic heterocycles. The quantitative estimate of drug-likeness (QED) is 0.372. The van der Waals surface area contributed by atoms with E-state index in [-0.39, 0.29) is 12.3 Å². The molecule has 0 spiro atoms. The Kier molecular flexibility index (Phi) is 8.04. The van der Waals surface area contributed by atoms with Crippen LogP contribution in [-0.2, 0) is 14.3 Å². The van der Waals surface area contributed by atoms with Gasteiger partial charge in [-0.1, -0.05) is 0 Å². The van der Waals surface area contributed by atoms with Crippen molar-refractivity contribution in [3.8, 4) is 11.4 Å². The normalized spacial score (nSPS) is 10.4. The van der Waals surface area contributed by atoms with Gasteiger partial charge in [-0.3, -0.25) is 14.4 Å². The first-order valence-electron chi connectivity index (χ1n) is 10.7. The zero-order chi connectivity index (χ0) is 25.5. The Hall–Kier alpha value is -4.40. The number of aryl methyl sites for hydroxylation is 1. The van der Waals surface area contributed by atoms with Crippen LogP contribution in [0.2, 0.25) is 0 Å². The summed E-state index contributed by atoms with van der Waals surface area (Å²) in [5.41, 5.74) is 3.43. The number of ether oxygens (including phenoxy) is 3. The van der Waals surface area contributed by atoms with Crippen LogP contribution in [0.5, 0.6) is 5.75 Å². The molecule has 9 heteroatoms. The number of benzene rings is 2. The number of Topliss-reactive ketones (excluding diaryl/α,β-unsaturated/α-hetero) is 1. The Morgan fingerprint density at radius 3 is 2.11 bits per heavy atom. The summed E-state index contributed by atoms with van der Waals surface area (Å²) >= 11 is 0. The fraction of sp³-hybridized carbons (Fsp3) is 0.231. The van der Waals surface area contributed by atoms with E-state index in [0.717, 1.165) is 11.4 Å². The van der Waals surface area contributed by atoms with Crippen LogP contribution in [0.3, 0.4) is 0 Å². The fourth-order valence-electron chi connectivity index (χ4n) is 3.58. The number of nitrogens with one attached hydrogen (secondary N) is 1. The van der Waals surface area contributed by atoms with Gasteiger partial charge in [-0.15, -0.1) is 0 Å². The minimum absolute atomic E-state index is 0.363. The van der Waals surface area contributed by atoms with Crippen LogP contribution in [0.15, 0.2) is 54.6 Å². The van der Waals surface area contributed by atoms with E-state index >= 15 is 0 Å². The van der Waals surface area contributed by atoms with Crippen molar-refractivity contribution in [1.82, 2.24) is 9.88 Å². The molecule has 0 aliphatic rings. The third-order valence-electron chi connectivity index (χ3n) is 5.39. The molecule has 0 atom stereocenters. The number of amides is 1. The van der Waals surface area contributed by atoms with E-state index in [4.69, 9.17) is 14.2 Å². The molecule has 1 amide bonds. The highest BCUT2D eigenvalue weighted by molar-refractivity contribution is 6.00. The number of carbonyl (C=O) groups excluding carboxylic acids is 4. The number of carbonyl (C=O) groups is 4. The second-order valence-electron chi connectivity index (χ2n) is 7.65. The monoisotopic (exact) mass is 478 g/mol. The first-order chi connectivity index (χ1) is 16.7. The summed E-state index contributed by atoms with van der Waals surface area (Å²) in [6, 6.07) is 14.9. The molecule has 1 heterocycles. The lowest BCUT2D eigenvalue weighted by Crippen LogP contribution is -2.31. The van der Waals surface area contributed by atoms with E-state index in [9.17, 15) is 19.2 Å². The molecule has 0 unspecified atom stereocenters. The summed E-state index contributed by atoms with van der Waals surface area (Å²) in [6.07, 6.45) is 0. The number of esters is 2. The smallest absolute Gasteiger partial charge is 0.337 e. The molecule has 0 saturated heterocycles. The molecule has 3 aromatic rings. The van der Waals surface area contributed by atoms with Gasteiger partial charge >= 0.3 is 11.9 Å². The minimum atomic E-state index is -0.729. The maximum absolute atomic E-state index is 12.7. The molecule has 35 heavy (non-hydrogen) atoms. The zero-order valence-corrected chi connectivity index (χ0v) is 19.9. The summed E-state index contributed by atoms with van der Waals surface area (Å²) in [4.78, 5) is 48.6. The summed E-state index contributed by atoms with van der Waals surface area (Å²) in [6.45, 7) is 2.80. The van der Waals surface area contributed by atoms with Gasteiger partial charge in [-0.05, 0) is 68.4 Å². The maximum atomic E-state index is 12.7. The van der Waals surface area contributed by atoms with E-state index in [1.165, 1.54) is 14.2 Å². The van der Waals surface area contributed by atoms with E-state index in [1.807, 2.05) is 11.5 Å². The Balaban J connectivity index is 1.58. The lowest BCUT2D eigenvalue weighted by molar-refractivity contribution is -0.141. The van der Waals surface area contributed by atoms with E-state index in [2.05, 4.69) is 5.32 Å². The number of rotatable bonds is 9. The van der Waals surface area contributed by atoms with E-state index < -0.39 is 24.5 Å². The first kappa shape index (κ1) is 25.2. The molecular formula is C26H26N2O7. The Labute approximate surface area is 202 Å². The Morgan fingerprint density at radius 1 is 0.886 bits per heavy atom. The molecule has 0 saturated carbocycles. The molecule has 0 aliphatic heterocycles. The summed E-state index contributed by atoms with van der Waals surface area (Å²) in [5, 5.41) is 2.46. The largest absolute Gasteiger partial charge is 0.497 e. The van der Waals surface area contributed by atoms with Gasteiger partial charge in [0.1, 0.15) is 12.3 Å². The number of ketones is 1. The van der Waals surface area contributed by atoms with Gasteiger partial charge in [-0.2, -0.15) is 0 Å². The van der Waals surface area contributed by atoms with Crippen molar-refractivity contribution in [1.29, 1.82) is 0 Å². The standard InChI is InChI=1S/C26H26N2O7/c1-16-13-22(17(2)28(16)20-9-5-19(6-10-20)26(32)34-4)23(29)15-35-24(30)14-27-25(31)18-7-11-21(33-3)12-8-18/h5-13H,14-15H2,1-4H3,(H,27,31). The summed E-state index contributed by atoms with van der Waals surface area (Å²) in [5.74, 6) is -1.37. The molecule has 0 radical (unpaired) electrons. The predicted octanol–water partition coefficient (Wildman–Crippen LogP) is 3.05. The van der Waals surface area contributed by atoms with Crippen molar-refractivity contribution in [2.24, 2.45) is 0 Å². The maximum Gasteiger partial charge on any atom is 0.337 e. The van der Waals surface area contributed by atoms with Crippen LogP contribution >= 0.6 is 0 Å². The fourth-order valence-corrected chi connectivity index (χ4v) is 3.58. The van der Waals surface area contributed by atoms with Crippen molar-refractivity contribution in [3.05, 3.63) is 82.7 Å². The van der Waals surface area contributed by atoms with E-state index in [0.29, 0.717) is 28.1 Å². The van der Waals surface area contributed by atoms with Crippen molar-refractivity contribution >= 4 is 23.6 Å². The van der Waals surface area contributed by atoms with Crippen LogP contribution in [0, 0.1) is 13.8 Å². The third kappa shape index (κ3) is 5.94. The molecule has 3 rings (SSSR count). The van der Waals surface area contributed by atoms with Gasteiger partial charge in [-0.25, -0.2) is 4.79 Å². The van der Waals surface area contributed by atoms with Gasteiger partial charge in [0.2, 0.25) is 5.78 Å². The SMILES string of the molecule is COC(=O)c1ccc(-n2c(C)cc(C(=O)COC(=O)CNC(=O)c3ccc(OC)cc3)c2C)cc1. The number of aromatic nitrogens is 1. The van der Waals surface area contributed by atoms with Gasteiger partial charge in [0, 0.05) is 28.2 Å². The Bertz CT molecular complexity index is 1240. The highest BCUT2D eigenvalue weighted by atomic mass is 16.5. The molecule has 2 aromatic carbocycles. The molecule has 0 bridgehead atoms. The predicted molar refractivity (Wildman–Crippen MR) is 127 cm³/mol. The average Bonchev–Trinajstić information content (AvgIpc) is 3.18. The molecule has 1 N–H and O–H groups in total. The highest BCUT2D eigenvalue weighted by Crippen LogP contribution is 2.22. The van der Waals surface area contributed by atoms with Crippen LogP contribution in [0.4, 0.5) is 0 Å². The first-order valence-corrected chi connectivity index (χ1v) is 10.7. The number of hydrogen-bond acceptors (Lipinski definition) is 7. The van der Waals surface area contributed by atoms with Gasteiger partial charge in [0.05, 0.1) is 19.8 Å². The van der Waals surface area contributed by atoms with Crippen LogP contribution < -0.4 is 10.1 Å². The van der Waals surface area contributed by atoms with Crippen molar-refractivity contribution < 1.29 is 33.4 Å². The number of methoxy groups -OCH3 is 2. The van der Waals surface area contributed by atoms with E-state index in [1.54, 1.807) is 61.5 Å². The van der Waals surface area contributed by atoms with Crippen LogP contribution in [0.1, 0.15) is 42.5 Å². The van der Waals surface area contributed by atoms with Crippen LogP contribution in [-0.4, -0.2) is 55.6 Å². The third-order valence-corrected chi connectivity index (χ3v) is 5.39. The van der Waals surface area contributed by atoms with Crippen LogP contribution in [0.25, 0.3) is 5.69 Å². The second kappa shape index (κ2) is 11.1. The molecular weight excluding hydrogens is 452 g/mol. The Morgan fingerprint density at radius 2 is 1.51 bits per heavy atom. The number of nitrogens with zero attached hydrogens (tertiary/aromatic N) is 1. The topological polar surface area (TPSA) is 113 Å².